The quantitative estimate of drug-likeness (QED) is 0.692. The van der Waals surface area contributed by atoms with Crippen LogP contribution in [0.15, 0.2) is 24.8 Å². The first kappa shape index (κ1) is 11.5. The number of hydrogen-bond donors (Lipinski definition) is 2. The van der Waals surface area contributed by atoms with Crippen molar-refractivity contribution in [1.82, 2.24) is 0 Å². The van der Waals surface area contributed by atoms with Crippen molar-refractivity contribution >= 4 is 11.9 Å². The Bertz CT molecular complexity index is 331. The van der Waals surface area contributed by atoms with E-state index in [2.05, 4.69) is 13.2 Å². The first-order valence-electron chi connectivity index (χ1n) is 4.68. The van der Waals surface area contributed by atoms with Crippen molar-refractivity contribution in [3.63, 3.8) is 0 Å². The maximum absolute atomic E-state index is 11.2. The Balaban J connectivity index is 3.13. The molecule has 1 aliphatic carbocycles. The molecule has 1 saturated carbocycles. The van der Waals surface area contributed by atoms with E-state index in [1.165, 1.54) is 6.08 Å². The topological polar surface area (TPSA) is 74.6 Å². The van der Waals surface area contributed by atoms with Gasteiger partial charge in [0.1, 0.15) is 0 Å². The molecule has 0 saturated heterocycles. The second-order valence-electron chi connectivity index (χ2n) is 3.98. The van der Waals surface area contributed by atoms with Crippen molar-refractivity contribution < 1.29 is 19.8 Å². The van der Waals surface area contributed by atoms with Gasteiger partial charge in [-0.25, -0.2) is 0 Å². The van der Waals surface area contributed by atoms with E-state index in [0.717, 1.165) is 0 Å². The zero-order valence-electron chi connectivity index (χ0n) is 8.40. The zero-order chi connectivity index (χ0) is 11.6. The molecule has 15 heavy (non-hydrogen) atoms. The van der Waals surface area contributed by atoms with Crippen LogP contribution < -0.4 is 0 Å². The van der Waals surface area contributed by atoms with Crippen LogP contribution in [0.5, 0.6) is 0 Å². The van der Waals surface area contributed by atoms with Crippen molar-refractivity contribution in [3.05, 3.63) is 24.8 Å². The standard InChI is InChI=1S/C11H14O4/c1-3-4-11(10(14)15)6-7(2)5-8(11)9(12)13/h3,8H,1-2,4-6H2,(H,12,13)(H,14,15)/t8-,11-/m1/s1. The molecular formula is C11H14O4. The highest BCUT2D eigenvalue weighted by molar-refractivity contribution is 5.85. The Labute approximate surface area is 87.9 Å². The molecule has 0 aromatic heterocycles. The lowest BCUT2D eigenvalue weighted by atomic mass is 9.75. The molecule has 1 aliphatic rings. The number of carboxylic acids is 2. The summed E-state index contributed by atoms with van der Waals surface area (Å²) in [5.74, 6) is -3.04. The third kappa shape index (κ3) is 1.79. The molecule has 0 aliphatic heterocycles. The third-order valence-corrected chi connectivity index (χ3v) is 2.96. The molecule has 0 aromatic carbocycles. The second kappa shape index (κ2) is 3.88. The van der Waals surface area contributed by atoms with E-state index < -0.39 is 23.3 Å². The Morgan fingerprint density at radius 1 is 1.53 bits per heavy atom. The Morgan fingerprint density at radius 2 is 2.13 bits per heavy atom. The van der Waals surface area contributed by atoms with Gasteiger partial charge in [-0.1, -0.05) is 18.2 Å². The van der Waals surface area contributed by atoms with Crippen LogP contribution in [0, 0.1) is 11.3 Å². The summed E-state index contributed by atoms with van der Waals surface area (Å²) >= 11 is 0. The summed E-state index contributed by atoms with van der Waals surface area (Å²) in [6.45, 7) is 7.17. The molecule has 4 heteroatoms. The molecule has 82 valence electrons. The van der Waals surface area contributed by atoms with Gasteiger partial charge in [-0.2, -0.15) is 0 Å². The first-order chi connectivity index (χ1) is 6.94. The van der Waals surface area contributed by atoms with Crippen LogP contribution in [0.2, 0.25) is 0 Å². The Kier molecular flexibility index (Phi) is 2.98. The summed E-state index contributed by atoms with van der Waals surface area (Å²) < 4.78 is 0. The van der Waals surface area contributed by atoms with Gasteiger partial charge in [0.25, 0.3) is 0 Å². The molecule has 2 atom stereocenters. The fourth-order valence-electron chi connectivity index (χ4n) is 2.23. The predicted molar refractivity (Wildman–Crippen MR) is 54.4 cm³/mol. The summed E-state index contributed by atoms with van der Waals surface area (Å²) in [4.78, 5) is 22.2. The smallest absolute Gasteiger partial charge is 0.311 e. The van der Waals surface area contributed by atoms with E-state index in [1.807, 2.05) is 0 Å². The van der Waals surface area contributed by atoms with Gasteiger partial charge in [0, 0.05) is 0 Å². The average molecular weight is 210 g/mol. The molecular weight excluding hydrogens is 196 g/mol. The molecule has 0 bridgehead atoms. The van der Waals surface area contributed by atoms with Gasteiger partial charge in [0.15, 0.2) is 0 Å². The van der Waals surface area contributed by atoms with Crippen LogP contribution in [0.4, 0.5) is 0 Å². The first-order valence-corrected chi connectivity index (χ1v) is 4.68. The molecule has 4 nitrogen and oxygen atoms in total. The van der Waals surface area contributed by atoms with E-state index in [0.29, 0.717) is 5.57 Å². The van der Waals surface area contributed by atoms with Crippen molar-refractivity contribution in [2.24, 2.45) is 11.3 Å². The van der Waals surface area contributed by atoms with Crippen LogP contribution in [0.3, 0.4) is 0 Å². The highest BCUT2D eigenvalue weighted by Crippen LogP contribution is 2.48. The molecule has 1 fully saturated rings. The normalized spacial score (nSPS) is 30.1. The van der Waals surface area contributed by atoms with Crippen molar-refractivity contribution in [1.29, 1.82) is 0 Å². The van der Waals surface area contributed by atoms with Crippen molar-refractivity contribution in [3.8, 4) is 0 Å². The fourth-order valence-corrected chi connectivity index (χ4v) is 2.23. The Hall–Kier alpha value is -1.58. The van der Waals surface area contributed by atoms with Gasteiger partial charge in [-0.3, -0.25) is 9.59 Å². The molecule has 0 amide bonds. The number of rotatable bonds is 4. The van der Waals surface area contributed by atoms with E-state index in [1.54, 1.807) is 0 Å². The summed E-state index contributed by atoms with van der Waals surface area (Å²) in [5.41, 5.74) is -0.559. The summed E-state index contributed by atoms with van der Waals surface area (Å²) in [7, 11) is 0. The van der Waals surface area contributed by atoms with Gasteiger partial charge in [-0.05, 0) is 19.3 Å². The van der Waals surface area contributed by atoms with Crippen LogP contribution >= 0.6 is 0 Å². The highest BCUT2D eigenvalue weighted by Gasteiger charge is 2.53. The Morgan fingerprint density at radius 3 is 2.53 bits per heavy atom. The highest BCUT2D eigenvalue weighted by atomic mass is 16.4. The van der Waals surface area contributed by atoms with Crippen molar-refractivity contribution in [2.75, 3.05) is 0 Å². The summed E-state index contributed by atoms with van der Waals surface area (Å²) in [6.07, 6.45) is 2.10. The third-order valence-electron chi connectivity index (χ3n) is 2.96. The number of hydrogen-bond acceptors (Lipinski definition) is 2. The molecule has 0 aromatic rings. The number of allylic oxidation sites excluding steroid dienone is 2. The summed E-state index contributed by atoms with van der Waals surface area (Å²) in [6, 6.07) is 0. The minimum Gasteiger partial charge on any atom is -0.481 e. The monoisotopic (exact) mass is 210 g/mol. The fraction of sp³-hybridized carbons (Fsp3) is 0.455. The molecule has 0 heterocycles. The maximum Gasteiger partial charge on any atom is 0.311 e. The van der Waals surface area contributed by atoms with Gasteiger partial charge >= 0.3 is 11.9 Å². The van der Waals surface area contributed by atoms with Gasteiger partial charge < -0.3 is 10.2 Å². The predicted octanol–water partition coefficient (Wildman–Crippen LogP) is 1.68. The maximum atomic E-state index is 11.2. The number of aliphatic carboxylic acids is 2. The molecule has 2 N–H and O–H groups in total. The van der Waals surface area contributed by atoms with E-state index in [-0.39, 0.29) is 19.3 Å². The molecule has 0 radical (unpaired) electrons. The van der Waals surface area contributed by atoms with Gasteiger partial charge in [0.2, 0.25) is 0 Å². The molecule has 1 rings (SSSR count). The van der Waals surface area contributed by atoms with Gasteiger partial charge in [-0.15, -0.1) is 6.58 Å². The van der Waals surface area contributed by atoms with Gasteiger partial charge in [0.05, 0.1) is 11.3 Å². The van der Waals surface area contributed by atoms with E-state index >= 15 is 0 Å². The summed E-state index contributed by atoms with van der Waals surface area (Å²) in [5, 5.41) is 18.2. The van der Waals surface area contributed by atoms with E-state index in [9.17, 15) is 14.7 Å². The SMILES string of the molecule is C=CC[C@@]1(C(=O)O)CC(=C)C[C@@H]1C(=O)O. The van der Waals surface area contributed by atoms with Crippen LogP contribution in [0.1, 0.15) is 19.3 Å². The average Bonchev–Trinajstić information content (AvgIpc) is 2.44. The van der Waals surface area contributed by atoms with Crippen molar-refractivity contribution in [2.45, 2.75) is 19.3 Å². The number of carbonyl (C=O) groups is 2. The van der Waals surface area contributed by atoms with E-state index in [4.69, 9.17) is 5.11 Å². The lowest BCUT2D eigenvalue weighted by Gasteiger charge is -2.26. The lowest BCUT2D eigenvalue weighted by molar-refractivity contribution is -0.160. The lowest BCUT2D eigenvalue weighted by Crippen LogP contribution is -2.38. The minimum absolute atomic E-state index is 0.165. The molecule has 0 spiro atoms. The van der Waals surface area contributed by atoms with Crippen LogP contribution in [0.25, 0.3) is 0 Å². The van der Waals surface area contributed by atoms with Crippen LogP contribution in [-0.2, 0) is 9.59 Å². The molecule has 0 unspecified atom stereocenters. The minimum atomic E-state index is -1.25. The second-order valence-corrected chi connectivity index (χ2v) is 3.98. The zero-order valence-corrected chi connectivity index (χ0v) is 8.40. The van der Waals surface area contributed by atoms with Crippen LogP contribution in [-0.4, -0.2) is 22.2 Å². The largest absolute Gasteiger partial charge is 0.481 e. The number of carboxylic acid groups (broad SMARTS) is 2.